The molecule has 1 unspecified atom stereocenters. The van der Waals surface area contributed by atoms with Crippen molar-refractivity contribution >= 4 is 34.5 Å². The molecule has 10 nitrogen and oxygen atoms in total. The number of hydrogen-bond acceptors (Lipinski definition) is 5. The van der Waals surface area contributed by atoms with Crippen molar-refractivity contribution in [2.24, 2.45) is 5.73 Å². The highest BCUT2D eigenvalue weighted by Crippen LogP contribution is 2.30. The Labute approximate surface area is 216 Å². The molecule has 1 aliphatic rings. The van der Waals surface area contributed by atoms with Gasteiger partial charge in [0.25, 0.3) is 0 Å². The van der Waals surface area contributed by atoms with E-state index in [1.165, 1.54) is 17.0 Å². The number of H-pyrrole nitrogens is 1. The van der Waals surface area contributed by atoms with Crippen LogP contribution >= 0.6 is 0 Å². The molecule has 16 heteroatoms. The van der Waals surface area contributed by atoms with Crippen LogP contribution < -0.4 is 11.1 Å². The van der Waals surface area contributed by atoms with Gasteiger partial charge in [-0.2, -0.15) is 31.4 Å². The van der Waals surface area contributed by atoms with Gasteiger partial charge in [-0.25, -0.2) is 9.59 Å². The maximum absolute atomic E-state index is 12.7. The molecule has 0 radical (unpaired) electrons. The van der Waals surface area contributed by atoms with Crippen molar-refractivity contribution in [1.82, 2.24) is 20.0 Å². The average molecular weight is 560 g/mol. The fourth-order valence-electron chi connectivity index (χ4n) is 3.57. The number of nitrogens with one attached hydrogen (secondary N) is 2. The lowest BCUT2D eigenvalue weighted by molar-refractivity contribution is -0.192. The number of aromatic amines is 1. The molecule has 3 aromatic rings. The molecule has 5 N–H and O–H groups in total. The van der Waals surface area contributed by atoms with Gasteiger partial charge in [0.1, 0.15) is 6.04 Å². The first-order valence-electron chi connectivity index (χ1n) is 11.2. The lowest BCUT2D eigenvalue weighted by Gasteiger charge is -2.36. The molecule has 0 bridgehead atoms. The number of carbonyl (C=O) groups is 3. The zero-order valence-electron chi connectivity index (χ0n) is 19.9. The van der Waals surface area contributed by atoms with Crippen LogP contribution in [0.1, 0.15) is 17.2 Å². The van der Waals surface area contributed by atoms with E-state index in [-0.39, 0.29) is 19.1 Å². The minimum absolute atomic E-state index is 0.279. The summed E-state index contributed by atoms with van der Waals surface area (Å²) in [6.07, 6.45) is -7.87. The molecule has 2 aromatic carbocycles. The Balaban J connectivity index is 0.000000532. The molecule has 3 amide bonds. The summed E-state index contributed by atoms with van der Waals surface area (Å²) in [5.41, 5.74) is 6.99. The van der Waals surface area contributed by atoms with E-state index >= 15 is 0 Å². The molecule has 1 saturated heterocycles. The Hall–Kier alpha value is -4.34. The molecule has 0 saturated carbocycles. The summed E-state index contributed by atoms with van der Waals surface area (Å²) < 4.78 is 69.9. The molecular formula is C23H22F6N6O4. The number of amides is 3. The Morgan fingerprint density at radius 3 is 2.05 bits per heavy atom. The van der Waals surface area contributed by atoms with Crippen LogP contribution in [0.2, 0.25) is 0 Å². The number of alkyl halides is 6. The van der Waals surface area contributed by atoms with Gasteiger partial charge in [-0.05, 0) is 35.9 Å². The Kier molecular flexibility index (Phi) is 8.68. The monoisotopic (exact) mass is 560 g/mol. The van der Waals surface area contributed by atoms with Crippen LogP contribution in [0.4, 0.5) is 36.8 Å². The van der Waals surface area contributed by atoms with Crippen molar-refractivity contribution in [3.63, 3.8) is 0 Å². The zero-order chi connectivity index (χ0) is 29.0. The maximum Gasteiger partial charge on any atom is 0.490 e. The summed E-state index contributed by atoms with van der Waals surface area (Å²) >= 11 is 0. The fraction of sp³-hybridized carbons (Fsp3) is 0.304. The summed E-state index contributed by atoms with van der Waals surface area (Å²) in [6, 6.07) is 8.28. The van der Waals surface area contributed by atoms with Gasteiger partial charge >= 0.3 is 24.4 Å². The lowest BCUT2D eigenvalue weighted by atomic mass is 10.0. The number of benzene rings is 2. The second-order valence-corrected chi connectivity index (χ2v) is 8.31. The number of hydrogen-bond donors (Lipinski definition) is 4. The van der Waals surface area contributed by atoms with Crippen LogP contribution in [-0.4, -0.2) is 75.4 Å². The third-order valence-electron chi connectivity index (χ3n) is 5.68. The van der Waals surface area contributed by atoms with E-state index in [2.05, 4.69) is 15.5 Å². The first-order valence-corrected chi connectivity index (χ1v) is 11.2. The van der Waals surface area contributed by atoms with Gasteiger partial charge in [0.15, 0.2) is 0 Å². The predicted octanol–water partition coefficient (Wildman–Crippen LogP) is 3.59. The number of aliphatic carboxylic acids is 1. The van der Waals surface area contributed by atoms with Crippen LogP contribution in [0.3, 0.4) is 0 Å². The van der Waals surface area contributed by atoms with E-state index in [0.717, 1.165) is 23.0 Å². The summed E-state index contributed by atoms with van der Waals surface area (Å²) in [5, 5.41) is 17.6. The second-order valence-electron chi connectivity index (χ2n) is 8.31. The standard InChI is InChI=1S/C21H21F3N6O2.C2HF3O2/c22-21(23,24)15-3-1-13(2-4-15)18(25)19(31)29-7-9-30(10-8-29)20(32)27-16-5-6-17-14(11-16)12-26-28-17;3-2(4,5)1(6)7/h1-6,11-12,18H,7-10,25H2,(H,26,28)(H,27,32);(H,6,7). The van der Waals surface area contributed by atoms with Crippen LogP contribution in [0, 0.1) is 0 Å². The van der Waals surface area contributed by atoms with E-state index in [9.17, 15) is 35.9 Å². The highest BCUT2D eigenvalue weighted by molar-refractivity contribution is 5.92. The summed E-state index contributed by atoms with van der Waals surface area (Å²) in [5.74, 6) is -3.15. The number of fused-ring (bicyclic) bond motifs is 1. The smallest absolute Gasteiger partial charge is 0.475 e. The normalized spacial score (nSPS) is 14.8. The summed E-state index contributed by atoms with van der Waals surface area (Å²) in [4.78, 5) is 37.3. The number of nitrogens with two attached hydrogens (primary N) is 1. The number of carboxylic acids is 1. The van der Waals surface area contributed by atoms with Gasteiger partial charge in [0, 0.05) is 37.3 Å². The SMILES string of the molecule is NC(C(=O)N1CCN(C(=O)Nc2ccc3[nH]ncc3c2)CC1)c1ccc(C(F)(F)F)cc1.O=C(O)C(F)(F)F. The topological polar surface area (TPSA) is 145 Å². The van der Waals surface area contributed by atoms with Crippen molar-refractivity contribution < 1.29 is 45.8 Å². The quantitative estimate of drug-likeness (QED) is 0.361. The Morgan fingerprint density at radius 2 is 1.51 bits per heavy atom. The van der Waals surface area contributed by atoms with Crippen LogP contribution in [0.5, 0.6) is 0 Å². The van der Waals surface area contributed by atoms with Crippen molar-refractivity contribution in [2.45, 2.75) is 18.4 Å². The van der Waals surface area contributed by atoms with E-state index < -0.39 is 35.8 Å². The van der Waals surface area contributed by atoms with Crippen LogP contribution in [-0.2, 0) is 15.8 Å². The number of carbonyl (C=O) groups excluding carboxylic acids is 2. The minimum atomic E-state index is -5.08. The second kappa shape index (κ2) is 11.6. The van der Waals surface area contributed by atoms with Gasteiger partial charge in [-0.3, -0.25) is 9.89 Å². The zero-order valence-corrected chi connectivity index (χ0v) is 19.9. The van der Waals surface area contributed by atoms with Gasteiger partial charge in [-0.1, -0.05) is 12.1 Å². The van der Waals surface area contributed by atoms with E-state index in [1.54, 1.807) is 23.2 Å². The lowest BCUT2D eigenvalue weighted by Crippen LogP contribution is -2.53. The minimum Gasteiger partial charge on any atom is -0.475 e. The number of piperazine rings is 1. The van der Waals surface area contributed by atoms with Gasteiger partial charge < -0.3 is 26.0 Å². The largest absolute Gasteiger partial charge is 0.490 e. The third-order valence-corrected chi connectivity index (χ3v) is 5.68. The average Bonchev–Trinajstić information content (AvgIpc) is 3.35. The molecule has 1 fully saturated rings. The maximum atomic E-state index is 12.7. The van der Waals surface area contributed by atoms with Crippen LogP contribution in [0.25, 0.3) is 10.9 Å². The molecular weight excluding hydrogens is 538 g/mol. The van der Waals surface area contributed by atoms with Gasteiger partial charge in [0.2, 0.25) is 5.91 Å². The van der Waals surface area contributed by atoms with E-state index in [0.29, 0.717) is 24.3 Å². The Morgan fingerprint density at radius 1 is 0.949 bits per heavy atom. The van der Waals surface area contributed by atoms with E-state index in [4.69, 9.17) is 15.6 Å². The van der Waals surface area contributed by atoms with Crippen molar-refractivity contribution in [1.29, 1.82) is 0 Å². The summed E-state index contributed by atoms with van der Waals surface area (Å²) in [6.45, 7) is 1.18. The molecule has 4 rings (SSSR count). The number of nitrogens with zero attached hydrogens (tertiary/aromatic N) is 3. The fourth-order valence-corrected chi connectivity index (χ4v) is 3.57. The van der Waals surface area contributed by atoms with Crippen molar-refractivity contribution in [3.05, 3.63) is 59.8 Å². The first-order chi connectivity index (χ1) is 18.2. The molecule has 39 heavy (non-hydrogen) atoms. The number of halogens is 6. The highest BCUT2D eigenvalue weighted by Gasteiger charge is 2.38. The van der Waals surface area contributed by atoms with Crippen molar-refractivity contribution in [2.75, 3.05) is 31.5 Å². The van der Waals surface area contributed by atoms with Gasteiger partial charge in [0.05, 0.1) is 17.3 Å². The Bertz CT molecular complexity index is 1320. The molecule has 1 aliphatic heterocycles. The molecule has 0 spiro atoms. The molecule has 210 valence electrons. The number of aromatic nitrogens is 2. The molecule has 1 aromatic heterocycles. The number of rotatable bonds is 3. The molecule has 0 aliphatic carbocycles. The number of carboxylic acid groups (broad SMARTS) is 1. The predicted molar refractivity (Wildman–Crippen MR) is 125 cm³/mol. The molecule has 1 atom stereocenters. The first kappa shape index (κ1) is 29.2. The summed E-state index contributed by atoms with van der Waals surface area (Å²) in [7, 11) is 0. The highest BCUT2D eigenvalue weighted by atomic mass is 19.4. The number of anilines is 1. The number of urea groups is 1. The van der Waals surface area contributed by atoms with Crippen molar-refractivity contribution in [3.8, 4) is 0 Å². The molecule has 2 heterocycles. The third kappa shape index (κ3) is 7.59. The van der Waals surface area contributed by atoms with Crippen LogP contribution in [0.15, 0.2) is 48.7 Å². The van der Waals surface area contributed by atoms with Gasteiger partial charge in [-0.15, -0.1) is 0 Å². The van der Waals surface area contributed by atoms with E-state index in [1.807, 2.05) is 6.07 Å².